The van der Waals surface area contributed by atoms with Crippen molar-refractivity contribution in [1.29, 1.82) is 0 Å². The van der Waals surface area contributed by atoms with E-state index in [1.165, 1.54) is 0 Å². The molecule has 8 heteroatoms. The summed E-state index contributed by atoms with van der Waals surface area (Å²) >= 11 is 0. The van der Waals surface area contributed by atoms with Gasteiger partial charge in [0, 0.05) is 49.5 Å². The third-order valence-corrected chi connectivity index (χ3v) is 12.3. The largest absolute Gasteiger partial charge is 0.456 e. The minimum absolute atomic E-state index is 0.501. The quantitative estimate of drug-likeness (QED) is 0.158. The molecule has 0 radical (unpaired) electrons. The molecule has 0 atom stereocenters. The molecule has 0 N–H and O–H groups in total. The van der Waals surface area contributed by atoms with Gasteiger partial charge in [0.2, 0.25) is 0 Å². The van der Waals surface area contributed by atoms with Crippen LogP contribution in [0, 0.1) is 0 Å². The van der Waals surface area contributed by atoms with Crippen LogP contribution in [0.25, 0.3) is 129 Å². The minimum Gasteiger partial charge on any atom is -0.456 e. The molecule has 8 nitrogen and oxygen atoms in total. The molecule has 308 valence electrons. The molecular weight excluding hydrogens is 811 g/mol. The molecule has 0 aliphatic heterocycles. The van der Waals surface area contributed by atoms with E-state index in [9.17, 15) is 0 Å². The Labute approximate surface area is 378 Å². The Morgan fingerprint density at radius 2 is 0.833 bits per heavy atom. The molecule has 4 heterocycles. The van der Waals surface area contributed by atoms with E-state index < -0.39 is 0 Å². The number of aromatic nitrogens is 7. The van der Waals surface area contributed by atoms with Crippen molar-refractivity contribution < 1.29 is 4.42 Å². The standard InChI is InChI=1S/C58H35N7O/c1-4-18-37(19-5-1)53-59-54(38-20-6-2-7-21-38)63-58(62-53)46-35-40(56-60-55(39-22-8-3-9-23-39)61-57(64-56)44-28-16-24-36-17-10-11-25-41(36)44)31-33-48(46)65-47-29-14-12-26-42(47)43-32-34-50-51(52(43)65)45-27-13-15-30-49(45)66-50/h1-35H. The summed E-state index contributed by atoms with van der Waals surface area (Å²) in [5.74, 6) is 3.29. The number of hydrogen-bond donors (Lipinski definition) is 0. The van der Waals surface area contributed by atoms with E-state index >= 15 is 0 Å². The summed E-state index contributed by atoms with van der Waals surface area (Å²) in [5, 5.41) is 6.46. The predicted octanol–water partition coefficient (Wildman–Crippen LogP) is 14.2. The van der Waals surface area contributed by atoms with Crippen molar-refractivity contribution >= 4 is 54.5 Å². The maximum atomic E-state index is 6.52. The van der Waals surface area contributed by atoms with Crippen LogP contribution in [-0.2, 0) is 0 Å². The fraction of sp³-hybridized carbons (Fsp3) is 0. The Balaban J connectivity index is 1.14. The predicted molar refractivity (Wildman–Crippen MR) is 265 cm³/mol. The molecule has 0 bridgehead atoms. The van der Waals surface area contributed by atoms with Gasteiger partial charge in [0.25, 0.3) is 0 Å². The number of fused-ring (bicyclic) bond motifs is 8. The molecule has 0 amide bonds. The second kappa shape index (κ2) is 15.3. The zero-order valence-corrected chi connectivity index (χ0v) is 35.2. The Morgan fingerprint density at radius 1 is 0.318 bits per heavy atom. The van der Waals surface area contributed by atoms with Gasteiger partial charge in [-0.3, -0.25) is 0 Å². The van der Waals surface area contributed by atoms with Crippen LogP contribution in [0.1, 0.15) is 0 Å². The van der Waals surface area contributed by atoms with Gasteiger partial charge in [-0.25, -0.2) is 29.9 Å². The van der Waals surface area contributed by atoms with Crippen molar-refractivity contribution in [3.05, 3.63) is 212 Å². The van der Waals surface area contributed by atoms with Crippen LogP contribution in [-0.4, -0.2) is 34.5 Å². The molecule has 0 saturated heterocycles. The van der Waals surface area contributed by atoms with Gasteiger partial charge in [-0.1, -0.05) is 170 Å². The highest BCUT2D eigenvalue weighted by molar-refractivity contribution is 6.24. The van der Waals surface area contributed by atoms with Crippen LogP contribution in [0.15, 0.2) is 217 Å². The first-order chi connectivity index (χ1) is 32.7. The number of furan rings is 1. The van der Waals surface area contributed by atoms with E-state index in [4.69, 9.17) is 34.3 Å². The Hall–Kier alpha value is -9.14. The average Bonchev–Trinajstić information content (AvgIpc) is 3.95. The number of para-hydroxylation sites is 2. The monoisotopic (exact) mass is 845 g/mol. The average molecular weight is 846 g/mol. The van der Waals surface area contributed by atoms with E-state index in [2.05, 4.69) is 102 Å². The molecule has 0 aliphatic carbocycles. The third-order valence-electron chi connectivity index (χ3n) is 12.3. The highest BCUT2D eigenvalue weighted by atomic mass is 16.3. The second-order valence-corrected chi connectivity index (χ2v) is 16.3. The lowest BCUT2D eigenvalue weighted by Gasteiger charge is -2.17. The molecule has 4 aromatic heterocycles. The Kier molecular flexibility index (Phi) is 8.67. The fourth-order valence-electron chi connectivity index (χ4n) is 9.26. The van der Waals surface area contributed by atoms with Gasteiger partial charge < -0.3 is 8.98 Å². The number of nitrogens with zero attached hydrogens (tertiary/aromatic N) is 7. The van der Waals surface area contributed by atoms with Gasteiger partial charge in [-0.05, 0) is 53.2 Å². The zero-order valence-electron chi connectivity index (χ0n) is 35.2. The molecule has 0 spiro atoms. The van der Waals surface area contributed by atoms with Gasteiger partial charge in [0.15, 0.2) is 34.9 Å². The minimum atomic E-state index is 0.501. The zero-order chi connectivity index (χ0) is 43.6. The van der Waals surface area contributed by atoms with Crippen molar-refractivity contribution in [2.24, 2.45) is 0 Å². The Morgan fingerprint density at radius 3 is 1.50 bits per heavy atom. The van der Waals surface area contributed by atoms with Gasteiger partial charge in [0.05, 0.1) is 22.1 Å². The molecule has 13 aromatic rings. The normalized spacial score (nSPS) is 11.6. The Bertz CT molecular complexity index is 3930. The maximum Gasteiger partial charge on any atom is 0.166 e. The summed E-state index contributed by atoms with van der Waals surface area (Å²) in [5.41, 5.74) is 9.68. The fourth-order valence-corrected chi connectivity index (χ4v) is 9.26. The van der Waals surface area contributed by atoms with Crippen molar-refractivity contribution in [1.82, 2.24) is 34.5 Å². The van der Waals surface area contributed by atoms with E-state index in [1.54, 1.807) is 0 Å². The van der Waals surface area contributed by atoms with Gasteiger partial charge in [-0.15, -0.1) is 0 Å². The SMILES string of the molecule is c1ccc(-c2nc(-c3ccccc3)nc(-c3cc(-c4nc(-c5ccccc5)nc(-c5cccc6ccccc56)n4)ccc3-n3c4ccccc4c4ccc5oc6ccccc6c5c43)n2)cc1. The van der Waals surface area contributed by atoms with Gasteiger partial charge in [-0.2, -0.15) is 0 Å². The van der Waals surface area contributed by atoms with E-state index in [0.717, 1.165) is 93.6 Å². The van der Waals surface area contributed by atoms with Crippen LogP contribution >= 0.6 is 0 Å². The molecule has 0 saturated carbocycles. The molecule has 0 aliphatic rings. The van der Waals surface area contributed by atoms with Crippen LogP contribution in [0.3, 0.4) is 0 Å². The van der Waals surface area contributed by atoms with Crippen LogP contribution in [0.5, 0.6) is 0 Å². The summed E-state index contributed by atoms with van der Waals surface area (Å²) in [7, 11) is 0. The van der Waals surface area contributed by atoms with E-state index in [1.807, 2.05) is 115 Å². The first kappa shape index (κ1) is 37.4. The summed E-state index contributed by atoms with van der Waals surface area (Å²) in [6, 6.07) is 72.2. The molecule has 0 fully saturated rings. The smallest absolute Gasteiger partial charge is 0.166 e. The van der Waals surface area contributed by atoms with Gasteiger partial charge >= 0.3 is 0 Å². The van der Waals surface area contributed by atoms with Crippen LogP contribution in [0.2, 0.25) is 0 Å². The summed E-state index contributed by atoms with van der Waals surface area (Å²) in [4.78, 5) is 31.3. The third kappa shape index (κ3) is 6.23. The number of benzene rings is 9. The molecule has 0 unspecified atom stereocenters. The van der Waals surface area contributed by atoms with Gasteiger partial charge in [0.1, 0.15) is 11.2 Å². The second-order valence-electron chi connectivity index (χ2n) is 16.3. The molecule has 13 rings (SSSR count). The van der Waals surface area contributed by atoms with Crippen molar-refractivity contribution in [3.63, 3.8) is 0 Å². The lowest BCUT2D eigenvalue weighted by atomic mass is 10.0. The summed E-state index contributed by atoms with van der Waals surface area (Å²) < 4.78 is 8.86. The first-order valence-corrected chi connectivity index (χ1v) is 21.9. The summed E-state index contributed by atoms with van der Waals surface area (Å²) in [6.45, 7) is 0. The van der Waals surface area contributed by atoms with Crippen molar-refractivity contribution in [2.75, 3.05) is 0 Å². The van der Waals surface area contributed by atoms with Crippen molar-refractivity contribution in [3.8, 4) is 74.0 Å². The topological polar surface area (TPSA) is 95.4 Å². The number of rotatable bonds is 7. The lowest BCUT2D eigenvalue weighted by molar-refractivity contribution is 0.669. The first-order valence-electron chi connectivity index (χ1n) is 21.9. The van der Waals surface area contributed by atoms with Crippen LogP contribution < -0.4 is 0 Å². The number of hydrogen-bond acceptors (Lipinski definition) is 7. The van der Waals surface area contributed by atoms with E-state index in [-0.39, 0.29) is 0 Å². The summed E-state index contributed by atoms with van der Waals surface area (Å²) in [6.07, 6.45) is 0. The molecular formula is C58H35N7O. The van der Waals surface area contributed by atoms with Crippen molar-refractivity contribution in [2.45, 2.75) is 0 Å². The highest BCUT2D eigenvalue weighted by Crippen LogP contribution is 2.43. The highest BCUT2D eigenvalue weighted by Gasteiger charge is 2.24. The molecule has 66 heavy (non-hydrogen) atoms. The van der Waals surface area contributed by atoms with E-state index in [0.29, 0.717) is 34.9 Å². The van der Waals surface area contributed by atoms with Crippen LogP contribution in [0.4, 0.5) is 0 Å². The maximum absolute atomic E-state index is 6.52. The lowest BCUT2D eigenvalue weighted by Crippen LogP contribution is -2.05. The molecule has 9 aromatic carbocycles.